The third-order valence-electron chi connectivity index (χ3n) is 3.32. The van der Waals surface area contributed by atoms with Gasteiger partial charge in [0.2, 0.25) is 0 Å². The summed E-state index contributed by atoms with van der Waals surface area (Å²) in [5, 5.41) is 11.7. The fourth-order valence-corrected chi connectivity index (χ4v) is 2.30. The van der Waals surface area contributed by atoms with Crippen LogP contribution in [0.1, 0.15) is 5.56 Å². The number of nitrogens with zero attached hydrogens (tertiary/aromatic N) is 1. The number of benzene rings is 3. The first-order valence-corrected chi connectivity index (χ1v) is 6.67. The Morgan fingerprint density at radius 2 is 1.86 bits per heavy atom. The SMILES string of the molecule is COc1ccc2ccccc2c1C=Nc1cccc(O)c1. The van der Waals surface area contributed by atoms with Crippen molar-refractivity contribution in [2.75, 3.05) is 7.11 Å². The lowest BCUT2D eigenvalue weighted by atomic mass is 10.0. The highest BCUT2D eigenvalue weighted by Crippen LogP contribution is 2.27. The number of rotatable bonds is 3. The Bertz CT molecular complexity index is 809. The van der Waals surface area contributed by atoms with E-state index in [1.807, 2.05) is 36.4 Å². The molecule has 0 saturated heterocycles. The van der Waals surface area contributed by atoms with Gasteiger partial charge >= 0.3 is 0 Å². The van der Waals surface area contributed by atoms with Crippen molar-refractivity contribution in [3.05, 3.63) is 66.2 Å². The van der Waals surface area contributed by atoms with E-state index in [0.717, 1.165) is 22.1 Å². The number of phenolic OH excluding ortho intramolecular Hbond substituents is 1. The molecule has 3 nitrogen and oxygen atoms in total. The molecule has 3 aromatic carbocycles. The van der Waals surface area contributed by atoms with Crippen LogP contribution in [0, 0.1) is 0 Å². The van der Waals surface area contributed by atoms with E-state index in [0.29, 0.717) is 5.69 Å². The van der Waals surface area contributed by atoms with E-state index in [-0.39, 0.29) is 5.75 Å². The van der Waals surface area contributed by atoms with Gasteiger partial charge in [0.1, 0.15) is 11.5 Å². The molecule has 0 aliphatic heterocycles. The van der Waals surface area contributed by atoms with E-state index in [1.54, 1.807) is 31.5 Å². The van der Waals surface area contributed by atoms with Crippen LogP contribution in [0.3, 0.4) is 0 Å². The van der Waals surface area contributed by atoms with Crippen molar-refractivity contribution in [3.8, 4) is 11.5 Å². The van der Waals surface area contributed by atoms with Gasteiger partial charge in [-0.05, 0) is 29.0 Å². The highest BCUT2D eigenvalue weighted by molar-refractivity contribution is 6.03. The molecule has 0 bridgehead atoms. The molecular weight excluding hydrogens is 262 g/mol. The van der Waals surface area contributed by atoms with Gasteiger partial charge in [-0.1, -0.05) is 36.4 Å². The average Bonchev–Trinajstić information content (AvgIpc) is 2.52. The maximum absolute atomic E-state index is 9.48. The fraction of sp³-hybridized carbons (Fsp3) is 0.0556. The summed E-state index contributed by atoms with van der Waals surface area (Å²) < 4.78 is 5.42. The van der Waals surface area contributed by atoms with Gasteiger partial charge in [-0.2, -0.15) is 0 Å². The lowest BCUT2D eigenvalue weighted by molar-refractivity contribution is 0.415. The zero-order chi connectivity index (χ0) is 14.7. The van der Waals surface area contributed by atoms with Gasteiger partial charge in [0.05, 0.1) is 12.8 Å². The van der Waals surface area contributed by atoms with Crippen LogP contribution in [-0.4, -0.2) is 18.4 Å². The number of hydrogen-bond donors (Lipinski definition) is 1. The number of ether oxygens (including phenoxy) is 1. The molecule has 0 aliphatic rings. The van der Waals surface area contributed by atoms with E-state index >= 15 is 0 Å². The van der Waals surface area contributed by atoms with E-state index in [2.05, 4.69) is 11.1 Å². The lowest BCUT2D eigenvalue weighted by Gasteiger charge is -2.08. The Morgan fingerprint density at radius 1 is 1.00 bits per heavy atom. The molecule has 0 aliphatic carbocycles. The maximum Gasteiger partial charge on any atom is 0.128 e. The number of aromatic hydroxyl groups is 1. The Balaban J connectivity index is 2.10. The summed E-state index contributed by atoms with van der Waals surface area (Å²) in [4.78, 5) is 4.43. The molecule has 0 aromatic heterocycles. The van der Waals surface area contributed by atoms with Crippen LogP contribution in [0.4, 0.5) is 5.69 Å². The molecule has 3 aromatic rings. The monoisotopic (exact) mass is 277 g/mol. The first kappa shape index (κ1) is 13.2. The summed E-state index contributed by atoms with van der Waals surface area (Å²) in [5.74, 6) is 0.979. The third-order valence-corrected chi connectivity index (χ3v) is 3.32. The van der Waals surface area contributed by atoms with Crippen molar-refractivity contribution in [1.82, 2.24) is 0 Å². The molecule has 0 saturated carbocycles. The molecule has 0 unspecified atom stereocenters. The van der Waals surface area contributed by atoms with Crippen LogP contribution in [0.25, 0.3) is 10.8 Å². The van der Waals surface area contributed by atoms with E-state index < -0.39 is 0 Å². The summed E-state index contributed by atoms with van der Waals surface area (Å²) in [6.45, 7) is 0. The molecule has 0 radical (unpaired) electrons. The van der Waals surface area contributed by atoms with Gasteiger partial charge < -0.3 is 9.84 Å². The van der Waals surface area contributed by atoms with Crippen molar-refractivity contribution in [3.63, 3.8) is 0 Å². The molecule has 0 heterocycles. The third kappa shape index (κ3) is 2.72. The maximum atomic E-state index is 9.48. The van der Waals surface area contributed by atoms with Crippen molar-refractivity contribution in [1.29, 1.82) is 0 Å². The molecular formula is C18H15NO2. The van der Waals surface area contributed by atoms with Crippen LogP contribution in [0.5, 0.6) is 11.5 Å². The minimum absolute atomic E-state index is 0.203. The number of methoxy groups -OCH3 is 1. The van der Waals surface area contributed by atoms with Crippen molar-refractivity contribution >= 4 is 22.7 Å². The van der Waals surface area contributed by atoms with Gasteiger partial charge in [0.25, 0.3) is 0 Å². The van der Waals surface area contributed by atoms with Crippen LogP contribution < -0.4 is 4.74 Å². The number of phenols is 1. The van der Waals surface area contributed by atoms with Crippen molar-refractivity contribution in [2.24, 2.45) is 4.99 Å². The lowest BCUT2D eigenvalue weighted by Crippen LogP contribution is -1.92. The molecule has 0 atom stereocenters. The highest BCUT2D eigenvalue weighted by Gasteiger charge is 2.05. The Kier molecular flexibility index (Phi) is 3.56. The van der Waals surface area contributed by atoms with Crippen LogP contribution in [0.2, 0.25) is 0 Å². The number of aliphatic imine (C=N–C) groups is 1. The predicted molar refractivity (Wildman–Crippen MR) is 85.9 cm³/mol. The topological polar surface area (TPSA) is 41.8 Å². The molecule has 0 fully saturated rings. The normalized spacial score (nSPS) is 11.1. The van der Waals surface area contributed by atoms with Crippen LogP contribution in [-0.2, 0) is 0 Å². The van der Waals surface area contributed by atoms with Crippen LogP contribution in [0.15, 0.2) is 65.7 Å². The zero-order valence-electron chi connectivity index (χ0n) is 11.7. The second-order valence-corrected chi connectivity index (χ2v) is 4.68. The predicted octanol–water partition coefficient (Wildman–Crippen LogP) is 4.30. The minimum atomic E-state index is 0.203. The first-order valence-electron chi connectivity index (χ1n) is 6.67. The Morgan fingerprint density at radius 3 is 2.67 bits per heavy atom. The van der Waals surface area contributed by atoms with Crippen LogP contribution >= 0.6 is 0 Å². The highest BCUT2D eigenvalue weighted by atomic mass is 16.5. The molecule has 104 valence electrons. The molecule has 3 rings (SSSR count). The summed E-state index contributed by atoms with van der Waals surface area (Å²) in [6.07, 6.45) is 1.77. The molecule has 21 heavy (non-hydrogen) atoms. The average molecular weight is 277 g/mol. The molecule has 3 heteroatoms. The number of hydrogen-bond acceptors (Lipinski definition) is 3. The van der Waals surface area contributed by atoms with E-state index in [1.165, 1.54) is 0 Å². The molecule has 1 N–H and O–H groups in total. The Labute approximate surface area is 123 Å². The smallest absolute Gasteiger partial charge is 0.128 e. The Hall–Kier alpha value is -2.81. The molecule has 0 spiro atoms. The van der Waals surface area contributed by atoms with Crippen molar-refractivity contribution < 1.29 is 9.84 Å². The van der Waals surface area contributed by atoms with Gasteiger partial charge in [-0.15, -0.1) is 0 Å². The minimum Gasteiger partial charge on any atom is -0.508 e. The first-order chi connectivity index (χ1) is 10.3. The van der Waals surface area contributed by atoms with Gasteiger partial charge in [0, 0.05) is 17.8 Å². The fourth-order valence-electron chi connectivity index (χ4n) is 2.30. The van der Waals surface area contributed by atoms with Crippen molar-refractivity contribution in [2.45, 2.75) is 0 Å². The summed E-state index contributed by atoms with van der Waals surface area (Å²) >= 11 is 0. The zero-order valence-corrected chi connectivity index (χ0v) is 11.7. The summed E-state index contributed by atoms with van der Waals surface area (Å²) in [5.41, 5.74) is 1.63. The second kappa shape index (κ2) is 5.67. The summed E-state index contributed by atoms with van der Waals surface area (Å²) in [6, 6.07) is 18.9. The summed E-state index contributed by atoms with van der Waals surface area (Å²) in [7, 11) is 1.65. The van der Waals surface area contributed by atoms with Gasteiger partial charge in [0.15, 0.2) is 0 Å². The van der Waals surface area contributed by atoms with E-state index in [4.69, 9.17) is 4.74 Å². The van der Waals surface area contributed by atoms with Gasteiger partial charge in [-0.25, -0.2) is 0 Å². The second-order valence-electron chi connectivity index (χ2n) is 4.68. The number of fused-ring (bicyclic) bond motifs is 1. The largest absolute Gasteiger partial charge is 0.508 e. The quantitative estimate of drug-likeness (QED) is 0.725. The standard InChI is InChI=1S/C18H15NO2/c1-21-18-10-9-13-5-2-3-8-16(13)17(18)12-19-14-6-4-7-15(20)11-14/h2-12,20H,1H3. The molecule has 0 amide bonds. The van der Waals surface area contributed by atoms with Gasteiger partial charge in [-0.3, -0.25) is 4.99 Å². The van der Waals surface area contributed by atoms with E-state index in [9.17, 15) is 5.11 Å².